The third-order valence-electron chi connectivity index (χ3n) is 9.18. The second-order valence-electron chi connectivity index (χ2n) is 14.2. The number of likely N-dealkylation sites (tertiary alicyclic amines) is 2. The lowest BCUT2D eigenvalue weighted by atomic mass is 9.85. The number of amides is 2. The molecule has 2 saturated heterocycles. The number of urea groups is 1. The molecule has 2 fully saturated rings. The number of ether oxygens (including phenoxy) is 2. The summed E-state index contributed by atoms with van der Waals surface area (Å²) in [6, 6.07) is 15.3. The molecule has 2 heterocycles. The molecule has 0 atom stereocenters. The van der Waals surface area contributed by atoms with E-state index in [4.69, 9.17) is 9.47 Å². The van der Waals surface area contributed by atoms with Gasteiger partial charge in [0.15, 0.2) is 0 Å². The lowest BCUT2D eigenvalue weighted by Gasteiger charge is -2.35. The van der Waals surface area contributed by atoms with E-state index in [0.717, 1.165) is 73.3 Å². The smallest absolute Gasteiger partial charge is 0.355 e. The van der Waals surface area contributed by atoms with Crippen molar-refractivity contribution in [2.24, 2.45) is 21.0 Å². The lowest BCUT2D eigenvalue weighted by molar-refractivity contribution is 0.186. The Hall–Kier alpha value is -3.95. The molecular weight excluding hydrogens is 600 g/mol. The summed E-state index contributed by atoms with van der Waals surface area (Å²) < 4.78 is 10.6. The normalized spacial score (nSPS) is 17.5. The van der Waals surface area contributed by atoms with E-state index in [9.17, 15) is 4.79 Å². The Morgan fingerprint density at radius 3 is 1.33 bits per heavy atom. The number of rotatable bonds is 14. The Labute approximate surface area is 288 Å². The van der Waals surface area contributed by atoms with E-state index in [2.05, 4.69) is 58.5 Å². The first-order valence-electron chi connectivity index (χ1n) is 17.4. The summed E-state index contributed by atoms with van der Waals surface area (Å²) in [4.78, 5) is 18.2. The third-order valence-corrected chi connectivity index (χ3v) is 9.18. The fraction of sp³-hybridized carbons (Fsp3) is 0.513. The molecule has 4 rings (SSSR count). The Kier molecular flexibility index (Phi) is 13.8. The van der Waals surface area contributed by atoms with Gasteiger partial charge in [0.2, 0.25) is 0 Å². The van der Waals surface area contributed by atoms with Crippen LogP contribution >= 0.6 is 0 Å². The zero-order valence-electron chi connectivity index (χ0n) is 29.9. The number of allylic oxidation sites excluding steroid dienone is 2. The molecule has 2 aromatic rings. The number of nitrogens with one attached hydrogen (secondary N) is 2. The Bertz CT molecular complexity index is 1310. The second kappa shape index (κ2) is 18.0. The van der Waals surface area contributed by atoms with Gasteiger partial charge >= 0.3 is 6.03 Å². The minimum Gasteiger partial charge on any atom is -0.497 e. The number of hydrazone groups is 2. The quantitative estimate of drug-likeness (QED) is 0.163. The van der Waals surface area contributed by atoms with Crippen LogP contribution in [0, 0.1) is 10.8 Å². The first-order chi connectivity index (χ1) is 23.1. The summed E-state index contributed by atoms with van der Waals surface area (Å²) in [6.07, 6.45) is 15.5. The minimum absolute atomic E-state index is 0.306. The van der Waals surface area contributed by atoms with Crippen LogP contribution in [0.1, 0.15) is 77.3 Å². The van der Waals surface area contributed by atoms with Crippen molar-refractivity contribution in [3.8, 4) is 11.5 Å². The number of hydrogen-bond donors (Lipinski definition) is 2. The number of hydrogen-bond acceptors (Lipinski definition) is 7. The minimum atomic E-state index is -0.483. The molecule has 2 aromatic carbocycles. The van der Waals surface area contributed by atoms with Gasteiger partial charge in [-0.2, -0.15) is 10.2 Å². The van der Waals surface area contributed by atoms with Gasteiger partial charge in [0.05, 0.1) is 25.6 Å². The number of carbonyl (C=O) groups is 1. The number of nitrogens with zero attached hydrogens (tertiary/aromatic N) is 4. The van der Waals surface area contributed by atoms with Crippen molar-refractivity contribution in [3.05, 3.63) is 71.8 Å². The van der Waals surface area contributed by atoms with Crippen molar-refractivity contribution in [1.82, 2.24) is 20.7 Å². The Morgan fingerprint density at radius 1 is 0.646 bits per heavy atom. The SMILES string of the molecule is COc1ccc(/C=C/C(=N/NC(=O)N/N=C(/C=C/c2ccc(OC)cc2)C(C)(C)CN2CCCCC2)C(C)(C)CN2CCCCC2)cc1. The van der Waals surface area contributed by atoms with Crippen LogP contribution in [0.25, 0.3) is 12.2 Å². The maximum atomic E-state index is 13.2. The standard InChI is InChI=1S/C39H56N6O3/c1-38(2,29-44-25-9-7-10-26-44)35(23-17-31-13-19-33(47-5)20-14-31)40-42-37(46)43-41-36(24-18-32-15-21-34(48-6)22-16-32)39(3,4)30-45-27-11-8-12-28-45/h13-24H,7-12,25-30H2,1-6H3,(H2,42,43,46)/b23-17+,24-18+,40-35-,41-36-. The summed E-state index contributed by atoms with van der Waals surface area (Å²) in [7, 11) is 3.32. The molecule has 9 heteroatoms. The predicted molar refractivity (Wildman–Crippen MR) is 199 cm³/mol. The van der Waals surface area contributed by atoms with E-state index in [-0.39, 0.29) is 10.8 Å². The molecule has 0 aliphatic carbocycles. The van der Waals surface area contributed by atoms with Gasteiger partial charge in [0.1, 0.15) is 11.5 Å². The van der Waals surface area contributed by atoms with Gasteiger partial charge in [-0.15, -0.1) is 0 Å². The molecule has 2 N–H and O–H groups in total. The second-order valence-corrected chi connectivity index (χ2v) is 14.2. The van der Waals surface area contributed by atoms with Crippen molar-refractivity contribution in [3.63, 3.8) is 0 Å². The monoisotopic (exact) mass is 656 g/mol. The van der Waals surface area contributed by atoms with Gasteiger partial charge in [-0.1, -0.05) is 77.0 Å². The summed E-state index contributed by atoms with van der Waals surface area (Å²) in [6.45, 7) is 14.8. The average Bonchev–Trinajstić information content (AvgIpc) is 3.09. The van der Waals surface area contributed by atoms with Crippen LogP contribution in [-0.4, -0.2) is 80.7 Å². The topological polar surface area (TPSA) is 90.8 Å². The van der Waals surface area contributed by atoms with Crippen LogP contribution in [0.5, 0.6) is 11.5 Å². The van der Waals surface area contributed by atoms with Gasteiger partial charge in [-0.05, 0) is 99.4 Å². The first-order valence-corrected chi connectivity index (χ1v) is 17.4. The predicted octanol–water partition coefficient (Wildman–Crippen LogP) is 7.47. The van der Waals surface area contributed by atoms with Crippen molar-refractivity contribution in [2.45, 2.75) is 66.2 Å². The molecule has 260 valence electrons. The van der Waals surface area contributed by atoms with Crippen LogP contribution in [-0.2, 0) is 0 Å². The van der Waals surface area contributed by atoms with Crippen LogP contribution in [0.3, 0.4) is 0 Å². The zero-order chi connectivity index (χ0) is 34.4. The van der Waals surface area contributed by atoms with Gasteiger partial charge in [0.25, 0.3) is 0 Å². The van der Waals surface area contributed by atoms with Gasteiger partial charge < -0.3 is 19.3 Å². The summed E-state index contributed by atoms with van der Waals surface area (Å²) in [5.41, 5.74) is 8.50. The van der Waals surface area contributed by atoms with E-state index >= 15 is 0 Å². The average molecular weight is 657 g/mol. The van der Waals surface area contributed by atoms with Crippen LogP contribution in [0.15, 0.2) is 70.9 Å². The maximum Gasteiger partial charge on any atom is 0.355 e. The van der Waals surface area contributed by atoms with E-state index in [1.54, 1.807) is 14.2 Å². The molecule has 2 aliphatic rings. The molecule has 0 spiro atoms. The summed E-state index contributed by atoms with van der Waals surface area (Å²) >= 11 is 0. The highest BCUT2D eigenvalue weighted by atomic mass is 16.5. The lowest BCUT2D eigenvalue weighted by Crippen LogP contribution is -2.43. The highest BCUT2D eigenvalue weighted by Crippen LogP contribution is 2.25. The molecule has 0 bridgehead atoms. The van der Waals surface area contributed by atoms with E-state index in [1.165, 1.54) is 38.5 Å². The number of piperidine rings is 2. The molecule has 9 nitrogen and oxygen atoms in total. The Morgan fingerprint density at radius 2 is 1.00 bits per heavy atom. The summed E-state index contributed by atoms with van der Waals surface area (Å²) in [5, 5.41) is 9.32. The van der Waals surface area contributed by atoms with Gasteiger partial charge in [0, 0.05) is 23.9 Å². The first kappa shape index (κ1) is 36.9. The number of benzene rings is 2. The van der Waals surface area contributed by atoms with Gasteiger partial charge in [-0.25, -0.2) is 15.6 Å². The third kappa shape index (κ3) is 11.6. The molecule has 0 unspecified atom stereocenters. The molecular formula is C39H56N6O3. The maximum absolute atomic E-state index is 13.2. The molecule has 2 aliphatic heterocycles. The molecule has 0 saturated carbocycles. The van der Waals surface area contributed by atoms with Crippen LogP contribution in [0.4, 0.5) is 4.79 Å². The van der Waals surface area contributed by atoms with E-state index < -0.39 is 6.03 Å². The highest BCUT2D eigenvalue weighted by molar-refractivity contribution is 6.03. The molecule has 2 amide bonds. The fourth-order valence-electron chi connectivity index (χ4n) is 6.37. The number of carbonyl (C=O) groups excluding carboxylic acids is 1. The van der Waals surface area contributed by atoms with Crippen molar-refractivity contribution < 1.29 is 14.3 Å². The molecule has 0 aromatic heterocycles. The van der Waals surface area contributed by atoms with E-state index in [1.807, 2.05) is 72.8 Å². The summed E-state index contributed by atoms with van der Waals surface area (Å²) in [5.74, 6) is 1.62. The highest BCUT2D eigenvalue weighted by Gasteiger charge is 2.29. The Balaban J connectivity index is 1.53. The zero-order valence-corrected chi connectivity index (χ0v) is 29.9. The fourth-order valence-corrected chi connectivity index (χ4v) is 6.37. The molecule has 48 heavy (non-hydrogen) atoms. The number of methoxy groups -OCH3 is 2. The van der Waals surface area contributed by atoms with E-state index in [0.29, 0.717) is 0 Å². The molecule has 0 radical (unpaired) electrons. The van der Waals surface area contributed by atoms with Gasteiger partial charge in [-0.3, -0.25) is 0 Å². The van der Waals surface area contributed by atoms with Crippen LogP contribution < -0.4 is 20.3 Å². The van der Waals surface area contributed by atoms with Crippen molar-refractivity contribution in [2.75, 3.05) is 53.5 Å². The van der Waals surface area contributed by atoms with Crippen molar-refractivity contribution in [1.29, 1.82) is 0 Å². The largest absolute Gasteiger partial charge is 0.497 e. The van der Waals surface area contributed by atoms with Crippen LogP contribution in [0.2, 0.25) is 0 Å². The van der Waals surface area contributed by atoms with Crippen molar-refractivity contribution >= 4 is 29.6 Å².